The molecule has 6 rings (SSSR count). The van der Waals surface area contributed by atoms with Crippen LogP contribution in [0.15, 0.2) is 99.9 Å². The maximum absolute atomic E-state index is 14.3. The molecule has 41 heavy (non-hydrogen) atoms. The van der Waals surface area contributed by atoms with E-state index in [4.69, 9.17) is 14.5 Å². The molecule has 0 spiro atoms. The number of rotatable bonds is 6. The quantitative estimate of drug-likeness (QED) is 0.191. The van der Waals surface area contributed by atoms with E-state index in [1.165, 1.54) is 11.3 Å². The Morgan fingerprint density at radius 1 is 1.00 bits per heavy atom. The molecule has 1 aliphatic heterocycles. The highest BCUT2D eigenvalue weighted by atomic mass is 32.1. The minimum absolute atomic E-state index is 0.0947. The monoisotopic (exact) mass is 562 g/mol. The number of nitrogens with zero attached hydrogens (tertiary/aromatic N) is 2. The average molecular weight is 563 g/mol. The van der Waals surface area contributed by atoms with Crippen LogP contribution >= 0.6 is 11.3 Å². The van der Waals surface area contributed by atoms with E-state index >= 15 is 0 Å². The van der Waals surface area contributed by atoms with Crippen molar-refractivity contribution >= 4 is 44.9 Å². The molecule has 206 valence electrons. The zero-order valence-electron chi connectivity index (χ0n) is 23.4. The predicted octanol–water partition coefficient (Wildman–Crippen LogP) is 5.89. The molecule has 0 fully saturated rings. The zero-order chi connectivity index (χ0) is 28.7. The molecule has 4 aromatic carbocycles. The van der Waals surface area contributed by atoms with Crippen molar-refractivity contribution < 1.29 is 14.3 Å². The van der Waals surface area contributed by atoms with Crippen LogP contribution in [0.5, 0.6) is 5.75 Å². The predicted molar refractivity (Wildman–Crippen MR) is 164 cm³/mol. The van der Waals surface area contributed by atoms with Crippen molar-refractivity contribution in [1.29, 1.82) is 0 Å². The first kappa shape index (κ1) is 26.7. The van der Waals surface area contributed by atoms with Gasteiger partial charge in [-0.2, -0.15) is 0 Å². The average Bonchev–Trinajstić information content (AvgIpc) is 3.26. The van der Waals surface area contributed by atoms with Gasteiger partial charge in [0.05, 0.1) is 28.5 Å². The van der Waals surface area contributed by atoms with Crippen LogP contribution in [-0.4, -0.2) is 23.2 Å². The number of hydrogen-bond donors (Lipinski definition) is 0. The molecule has 0 saturated carbocycles. The summed E-state index contributed by atoms with van der Waals surface area (Å²) in [4.78, 5) is 32.9. The Morgan fingerprint density at radius 3 is 2.29 bits per heavy atom. The largest absolute Gasteiger partial charge is 0.491 e. The lowest BCUT2D eigenvalue weighted by molar-refractivity contribution is -0.139. The maximum Gasteiger partial charge on any atom is 0.338 e. The van der Waals surface area contributed by atoms with Gasteiger partial charge in [-0.05, 0) is 73.0 Å². The molecule has 0 unspecified atom stereocenters. The smallest absolute Gasteiger partial charge is 0.338 e. The van der Waals surface area contributed by atoms with E-state index in [1.54, 1.807) is 18.4 Å². The van der Waals surface area contributed by atoms with Crippen molar-refractivity contribution in [2.24, 2.45) is 4.99 Å². The number of fused-ring (bicyclic) bond motifs is 3. The van der Waals surface area contributed by atoms with Gasteiger partial charge in [0.15, 0.2) is 4.80 Å². The third kappa shape index (κ3) is 4.76. The standard InChI is InChI=1S/C34H30N2O4S/c1-5-39-33(38)30-21(4)35-34-36(31(30)26-16-10-11-17-28(26)40-20(2)3)32(37)29(41-34)19-27-24-14-8-6-12-22(24)18-23-13-7-9-15-25(23)27/h6-20,31H,5H2,1-4H3/b29-19-/t31-/m0/s1. The summed E-state index contributed by atoms with van der Waals surface area (Å²) < 4.78 is 13.8. The van der Waals surface area contributed by atoms with Crippen LogP contribution in [0.1, 0.15) is 44.9 Å². The van der Waals surface area contributed by atoms with Gasteiger partial charge in [0.25, 0.3) is 5.56 Å². The Hall–Kier alpha value is -4.49. The van der Waals surface area contributed by atoms with Gasteiger partial charge >= 0.3 is 5.97 Å². The van der Waals surface area contributed by atoms with E-state index in [-0.39, 0.29) is 18.3 Å². The lowest BCUT2D eigenvalue weighted by Gasteiger charge is -2.26. The number of benzene rings is 4. The summed E-state index contributed by atoms with van der Waals surface area (Å²) in [5.41, 5.74) is 2.33. The number of ether oxygens (including phenoxy) is 2. The second-order valence-corrected chi connectivity index (χ2v) is 11.2. The van der Waals surface area contributed by atoms with Gasteiger partial charge in [0.2, 0.25) is 0 Å². The first-order valence-corrected chi connectivity index (χ1v) is 14.5. The van der Waals surface area contributed by atoms with Gasteiger partial charge in [0, 0.05) is 5.56 Å². The summed E-state index contributed by atoms with van der Waals surface area (Å²) in [6.45, 7) is 7.67. The lowest BCUT2D eigenvalue weighted by atomic mass is 9.95. The second-order valence-electron chi connectivity index (χ2n) is 10.2. The first-order valence-electron chi connectivity index (χ1n) is 13.7. The van der Waals surface area contributed by atoms with Crippen LogP contribution in [0.4, 0.5) is 0 Å². The van der Waals surface area contributed by atoms with Gasteiger partial charge < -0.3 is 9.47 Å². The summed E-state index contributed by atoms with van der Waals surface area (Å²) in [7, 11) is 0. The third-order valence-electron chi connectivity index (χ3n) is 7.18. The Morgan fingerprint density at radius 2 is 1.63 bits per heavy atom. The molecule has 6 nitrogen and oxygen atoms in total. The fourth-order valence-corrected chi connectivity index (χ4v) is 6.52. The van der Waals surface area contributed by atoms with Crippen molar-refractivity contribution in [2.45, 2.75) is 39.8 Å². The number of aromatic nitrogens is 1. The summed E-state index contributed by atoms with van der Waals surface area (Å²) in [6, 6.07) is 25.4. The van der Waals surface area contributed by atoms with Crippen molar-refractivity contribution in [3.63, 3.8) is 0 Å². The fraction of sp³-hybridized carbons (Fsp3) is 0.206. The van der Waals surface area contributed by atoms with Crippen molar-refractivity contribution in [1.82, 2.24) is 4.57 Å². The van der Waals surface area contributed by atoms with Gasteiger partial charge in [-0.3, -0.25) is 9.36 Å². The van der Waals surface area contributed by atoms with Crippen LogP contribution in [0.2, 0.25) is 0 Å². The lowest BCUT2D eigenvalue weighted by Crippen LogP contribution is -2.40. The van der Waals surface area contributed by atoms with E-state index in [0.29, 0.717) is 31.9 Å². The molecule has 0 aliphatic carbocycles. The molecule has 0 amide bonds. The van der Waals surface area contributed by atoms with Crippen molar-refractivity contribution in [2.75, 3.05) is 6.61 Å². The third-order valence-corrected chi connectivity index (χ3v) is 8.16. The van der Waals surface area contributed by atoms with Gasteiger partial charge in [-0.25, -0.2) is 9.79 Å². The van der Waals surface area contributed by atoms with E-state index in [1.807, 2.05) is 68.5 Å². The summed E-state index contributed by atoms with van der Waals surface area (Å²) >= 11 is 1.32. The Bertz CT molecular complexity index is 1980. The molecular weight excluding hydrogens is 532 g/mol. The Labute approximate surface area is 241 Å². The number of carbonyl (C=O) groups is 1. The zero-order valence-corrected chi connectivity index (χ0v) is 24.2. The topological polar surface area (TPSA) is 69.9 Å². The molecule has 2 heterocycles. The Kier molecular flexibility index (Phi) is 7.05. The van der Waals surface area contributed by atoms with Gasteiger partial charge in [-0.15, -0.1) is 0 Å². The van der Waals surface area contributed by atoms with Gasteiger partial charge in [-0.1, -0.05) is 78.1 Å². The summed E-state index contributed by atoms with van der Waals surface area (Å²) in [6.07, 6.45) is 1.87. The highest BCUT2D eigenvalue weighted by Gasteiger charge is 2.35. The van der Waals surface area contributed by atoms with Crippen molar-refractivity contribution in [3.05, 3.63) is 121 Å². The minimum atomic E-state index is -0.744. The normalized spacial score (nSPS) is 15.3. The number of hydrogen-bond acceptors (Lipinski definition) is 6. The van der Waals surface area contributed by atoms with Crippen LogP contribution in [0, 0.1) is 0 Å². The number of carbonyl (C=O) groups excluding carboxylic acids is 1. The SMILES string of the molecule is CCOC(=O)C1=C(C)N=c2s/c(=C\c3c4ccccc4cc4ccccc34)c(=O)n2[C@H]1c1ccccc1OC(C)C. The van der Waals surface area contributed by atoms with E-state index < -0.39 is 12.0 Å². The number of esters is 1. The van der Waals surface area contributed by atoms with Gasteiger partial charge in [0.1, 0.15) is 11.8 Å². The van der Waals surface area contributed by atoms with Crippen molar-refractivity contribution in [3.8, 4) is 5.75 Å². The fourth-order valence-electron chi connectivity index (χ4n) is 5.49. The number of allylic oxidation sites excluding steroid dienone is 1. The summed E-state index contributed by atoms with van der Waals surface area (Å²) in [5.74, 6) is 0.117. The first-order chi connectivity index (χ1) is 19.9. The maximum atomic E-state index is 14.3. The molecule has 0 N–H and O–H groups in total. The molecular formula is C34H30N2O4S. The summed E-state index contributed by atoms with van der Waals surface area (Å²) in [5, 5.41) is 4.33. The van der Waals surface area contributed by atoms with Crippen LogP contribution in [-0.2, 0) is 9.53 Å². The second kappa shape index (κ2) is 10.8. The highest BCUT2D eigenvalue weighted by molar-refractivity contribution is 7.07. The number of para-hydroxylation sites is 1. The molecule has 0 saturated heterocycles. The van der Waals surface area contributed by atoms with E-state index in [9.17, 15) is 9.59 Å². The molecule has 1 atom stereocenters. The number of thiazole rings is 1. The highest BCUT2D eigenvalue weighted by Crippen LogP contribution is 2.36. The Balaban J connectivity index is 1.65. The molecule has 0 bridgehead atoms. The molecule has 7 heteroatoms. The van der Waals surface area contributed by atoms with E-state index in [0.717, 1.165) is 27.1 Å². The van der Waals surface area contributed by atoms with E-state index in [2.05, 4.69) is 30.3 Å². The molecule has 0 radical (unpaired) electrons. The van der Waals surface area contributed by atoms with Crippen LogP contribution in [0.3, 0.4) is 0 Å². The van der Waals surface area contributed by atoms with Crippen LogP contribution < -0.4 is 19.6 Å². The van der Waals surface area contributed by atoms with Crippen LogP contribution in [0.25, 0.3) is 27.6 Å². The minimum Gasteiger partial charge on any atom is -0.491 e. The molecule has 1 aromatic heterocycles. The molecule has 5 aromatic rings. The molecule has 1 aliphatic rings.